The van der Waals surface area contributed by atoms with Crippen LogP contribution in [0.2, 0.25) is 17.6 Å². The predicted molar refractivity (Wildman–Crippen MR) is 84.1 cm³/mol. The average molecular weight is 256 g/mol. The van der Waals surface area contributed by atoms with E-state index in [1.54, 1.807) is 10.8 Å². The smallest absolute Gasteiger partial charge is 0.0794 e. The predicted octanol–water partition coefficient (Wildman–Crippen LogP) is 4.66. The van der Waals surface area contributed by atoms with Gasteiger partial charge in [0.2, 0.25) is 0 Å². The molecule has 0 fully saturated rings. The highest BCUT2D eigenvalue weighted by atomic mass is 28.3. The molecular weight excluding hydrogens is 232 g/mol. The van der Waals surface area contributed by atoms with Crippen LogP contribution in [-0.4, -0.2) is 8.07 Å². The Hall–Kier alpha value is -1.08. The largest absolute Gasteiger partial charge is 0.0969 e. The van der Waals surface area contributed by atoms with Crippen molar-refractivity contribution in [2.24, 2.45) is 0 Å². The Bertz CT molecular complexity index is 464. The Labute approximate surface area is 112 Å². The van der Waals surface area contributed by atoms with Crippen molar-refractivity contribution < 1.29 is 0 Å². The minimum absolute atomic E-state index is 0.704. The van der Waals surface area contributed by atoms with Crippen LogP contribution in [0, 0.1) is 0 Å². The molecule has 0 amide bonds. The quantitative estimate of drug-likeness (QED) is 0.687. The highest BCUT2D eigenvalue weighted by Crippen LogP contribution is 2.41. The number of hydrogen-bond acceptors (Lipinski definition) is 0. The van der Waals surface area contributed by atoms with E-state index in [-0.39, 0.29) is 0 Å². The summed E-state index contributed by atoms with van der Waals surface area (Å²) in [5.41, 5.74) is 3.79. The Morgan fingerprint density at radius 2 is 1.61 bits per heavy atom. The lowest BCUT2D eigenvalue weighted by Gasteiger charge is -2.36. The van der Waals surface area contributed by atoms with E-state index < -0.39 is 8.07 Å². The molecule has 96 valence electrons. The number of benzene rings is 1. The normalized spacial score (nSPS) is 19.7. The van der Waals surface area contributed by atoms with E-state index in [0.29, 0.717) is 5.54 Å². The van der Waals surface area contributed by atoms with Crippen LogP contribution in [0.3, 0.4) is 0 Å². The maximum Gasteiger partial charge on any atom is 0.0969 e. The molecule has 0 radical (unpaired) electrons. The second-order valence-corrected chi connectivity index (χ2v) is 10.4. The number of allylic oxidation sites excluding steroid dienone is 4. The van der Waals surface area contributed by atoms with Crippen LogP contribution in [-0.2, 0) is 0 Å². The van der Waals surface area contributed by atoms with Crippen molar-refractivity contribution in [2.75, 3.05) is 0 Å². The zero-order valence-corrected chi connectivity index (χ0v) is 13.0. The van der Waals surface area contributed by atoms with Gasteiger partial charge < -0.3 is 0 Å². The first kappa shape index (κ1) is 13.4. The van der Waals surface area contributed by atoms with E-state index in [4.69, 9.17) is 0 Å². The van der Waals surface area contributed by atoms with Gasteiger partial charge in [-0.2, -0.15) is 0 Å². The van der Waals surface area contributed by atoms with Crippen LogP contribution < -0.4 is 5.19 Å². The molecule has 0 bridgehead atoms. The Morgan fingerprint density at radius 1 is 1.00 bits per heavy atom. The summed E-state index contributed by atoms with van der Waals surface area (Å²) in [6.45, 7) is 9.35. The van der Waals surface area contributed by atoms with Crippen molar-refractivity contribution in [2.45, 2.75) is 45.3 Å². The summed E-state index contributed by atoms with van der Waals surface area (Å²) in [5, 5.41) is 1.62. The van der Waals surface area contributed by atoms with E-state index >= 15 is 0 Å². The van der Waals surface area contributed by atoms with Gasteiger partial charge in [-0.25, -0.2) is 0 Å². The van der Waals surface area contributed by atoms with Gasteiger partial charge in [0.25, 0.3) is 0 Å². The first-order valence-electron chi connectivity index (χ1n) is 7.06. The summed E-state index contributed by atoms with van der Waals surface area (Å²) in [6, 6.07) is 13.9. The monoisotopic (exact) mass is 256 g/mol. The standard InChI is InChI=1S/C17H24Si/c1-5-18(6-2,16-10-8-7-9-11-16)17-13-12-14(3)15(17)4/h7-13,17H,5-6H2,1-4H3. The Balaban J connectivity index is 2.50. The van der Waals surface area contributed by atoms with Gasteiger partial charge >= 0.3 is 0 Å². The lowest BCUT2D eigenvalue weighted by Crippen LogP contribution is -2.50. The summed E-state index contributed by atoms with van der Waals surface area (Å²) in [7, 11) is -1.44. The lowest BCUT2D eigenvalue weighted by molar-refractivity contribution is 1.09. The molecule has 1 atom stereocenters. The first-order chi connectivity index (χ1) is 8.65. The first-order valence-corrected chi connectivity index (χ1v) is 9.56. The highest BCUT2D eigenvalue weighted by molar-refractivity contribution is 6.93. The van der Waals surface area contributed by atoms with Gasteiger partial charge in [-0.05, 0) is 19.4 Å². The van der Waals surface area contributed by atoms with Crippen LogP contribution in [0.4, 0.5) is 0 Å². The minimum atomic E-state index is -1.44. The van der Waals surface area contributed by atoms with Gasteiger partial charge in [0.05, 0.1) is 8.07 Å². The topological polar surface area (TPSA) is 0 Å². The average Bonchev–Trinajstić information content (AvgIpc) is 2.75. The van der Waals surface area contributed by atoms with Crippen LogP contribution in [0.5, 0.6) is 0 Å². The van der Waals surface area contributed by atoms with Crippen LogP contribution >= 0.6 is 0 Å². The third kappa shape index (κ3) is 2.01. The van der Waals surface area contributed by atoms with Crippen molar-refractivity contribution in [3.05, 3.63) is 53.6 Å². The minimum Gasteiger partial charge on any atom is -0.0794 e. The molecule has 1 aromatic carbocycles. The molecule has 0 heterocycles. The molecule has 0 N–H and O–H groups in total. The number of rotatable bonds is 4. The summed E-state index contributed by atoms with van der Waals surface area (Å²) in [6.07, 6.45) is 4.80. The van der Waals surface area contributed by atoms with E-state index in [1.807, 2.05) is 0 Å². The molecule has 1 aromatic rings. The molecule has 0 aliphatic heterocycles. The molecule has 0 aromatic heterocycles. The van der Waals surface area contributed by atoms with Gasteiger partial charge in [-0.15, -0.1) is 0 Å². The zero-order valence-electron chi connectivity index (χ0n) is 12.0. The van der Waals surface area contributed by atoms with Gasteiger partial charge in [0, 0.05) is 0 Å². The van der Waals surface area contributed by atoms with Gasteiger partial charge in [0.15, 0.2) is 0 Å². The van der Waals surface area contributed by atoms with Crippen molar-refractivity contribution in [3.8, 4) is 0 Å². The Kier molecular flexibility index (Phi) is 3.91. The maximum absolute atomic E-state index is 2.47. The third-order valence-electron chi connectivity index (χ3n) is 4.83. The fourth-order valence-corrected chi connectivity index (χ4v) is 8.34. The molecule has 1 heteroatoms. The second-order valence-electron chi connectivity index (χ2n) is 5.43. The van der Waals surface area contributed by atoms with E-state index in [1.165, 1.54) is 17.7 Å². The fraction of sp³-hybridized carbons (Fsp3) is 0.412. The third-order valence-corrected chi connectivity index (χ3v) is 10.7. The second kappa shape index (κ2) is 5.27. The fourth-order valence-electron chi connectivity index (χ4n) is 3.41. The molecule has 1 aliphatic rings. The van der Waals surface area contributed by atoms with E-state index in [2.05, 4.69) is 70.2 Å². The van der Waals surface area contributed by atoms with Gasteiger partial charge in [-0.3, -0.25) is 0 Å². The lowest BCUT2D eigenvalue weighted by atomic mass is 10.2. The van der Waals surface area contributed by atoms with Crippen molar-refractivity contribution in [1.82, 2.24) is 0 Å². The number of hydrogen-bond donors (Lipinski definition) is 0. The summed E-state index contributed by atoms with van der Waals surface area (Å²) in [5.74, 6) is 0. The zero-order chi connectivity index (χ0) is 13.2. The molecule has 0 saturated heterocycles. The SMILES string of the molecule is CC[Si](CC)(c1ccccc1)C1C=CC(C)=C1C. The van der Waals surface area contributed by atoms with Crippen molar-refractivity contribution in [1.29, 1.82) is 0 Å². The van der Waals surface area contributed by atoms with Gasteiger partial charge in [-0.1, -0.05) is 84.8 Å². The molecule has 2 rings (SSSR count). The molecule has 18 heavy (non-hydrogen) atoms. The van der Waals surface area contributed by atoms with Crippen LogP contribution in [0.15, 0.2) is 53.6 Å². The van der Waals surface area contributed by atoms with Crippen LogP contribution in [0.25, 0.3) is 0 Å². The highest BCUT2D eigenvalue weighted by Gasteiger charge is 2.40. The van der Waals surface area contributed by atoms with E-state index in [9.17, 15) is 0 Å². The van der Waals surface area contributed by atoms with Crippen molar-refractivity contribution in [3.63, 3.8) is 0 Å². The molecule has 1 unspecified atom stereocenters. The van der Waals surface area contributed by atoms with Crippen molar-refractivity contribution >= 4 is 13.3 Å². The maximum atomic E-state index is 2.47. The summed E-state index contributed by atoms with van der Waals surface area (Å²) in [4.78, 5) is 0. The molecule has 0 saturated carbocycles. The molecule has 0 spiro atoms. The molecule has 0 nitrogen and oxygen atoms in total. The van der Waals surface area contributed by atoms with Gasteiger partial charge in [0.1, 0.15) is 0 Å². The molecule has 1 aliphatic carbocycles. The Morgan fingerprint density at radius 3 is 2.06 bits per heavy atom. The van der Waals surface area contributed by atoms with Crippen LogP contribution in [0.1, 0.15) is 27.7 Å². The summed E-state index contributed by atoms with van der Waals surface area (Å²) < 4.78 is 0. The van der Waals surface area contributed by atoms with E-state index in [0.717, 1.165) is 0 Å². The molecular formula is C17H24Si. The summed E-state index contributed by atoms with van der Waals surface area (Å²) >= 11 is 0.